The molecule has 0 bridgehead atoms. The van der Waals surface area contributed by atoms with Gasteiger partial charge in [0, 0.05) is 19.6 Å². The lowest BCUT2D eigenvalue weighted by Gasteiger charge is -2.16. The highest BCUT2D eigenvalue weighted by Gasteiger charge is 2.36. The van der Waals surface area contributed by atoms with Crippen molar-refractivity contribution in [2.45, 2.75) is 20.0 Å². The number of phenolic OH excluding ortho intramolecular Hbond substituents is 1. The number of halogens is 2. The van der Waals surface area contributed by atoms with Gasteiger partial charge in [-0.1, -0.05) is 17.7 Å². The Morgan fingerprint density at radius 2 is 2.19 bits per heavy atom. The molecule has 3 rings (SSSR count). The average Bonchev–Trinajstić information content (AvgIpc) is 2.97. The van der Waals surface area contributed by atoms with Gasteiger partial charge in [0.15, 0.2) is 17.2 Å². The third kappa shape index (κ3) is 3.33. The lowest BCUT2D eigenvalue weighted by atomic mass is 10.0. The summed E-state index contributed by atoms with van der Waals surface area (Å²) in [7, 11) is 0. The molecular weight excluding hydrogens is 377 g/mol. The molecule has 0 atom stereocenters. The summed E-state index contributed by atoms with van der Waals surface area (Å²) in [5, 5.41) is 13.2. The van der Waals surface area contributed by atoms with Crippen molar-refractivity contribution in [1.82, 2.24) is 4.90 Å². The molecule has 3 N–H and O–H groups in total. The summed E-state index contributed by atoms with van der Waals surface area (Å²) in [5.41, 5.74) is 6.85. The van der Waals surface area contributed by atoms with Crippen LogP contribution in [0.25, 0.3) is 0 Å². The van der Waals surface area contributed by atoms with Crippen molar-refractivity contribution in [3.05, 3.63) is 56.2 Å². The van der Waals surface area contributed by atoms with Crippen molar-refractivity contribution in [2.75, 3.05) is 13.2 Å². The molecule has 0 spiro atoms. The zero-order chi connectivity index (χ0) is 19.7. The van der Waals surface area contributed by atoms with E-state index in [1.807, 2.05) is 0 Å². The van der Waals surface area contributed by atoms with E-state index < -0.39 is 17.5 Å². The summed E-state index contributed by atoms with van der Waals surface area (Å²) < 4.78 is 18.8. The fourth-order valence-corrected chi connectivity index (χ4v) is 3.33. The van der Waals surface area contributed by atoms with Gasteiger partial charge in [-0.2, -0.15) is 0 Å². The number of carbonyl (C=O) groups is 1. The number of phenols is 1. The Labute approximate surface area is 159 Å². The lowest BCUT2D eigenvalue weighted by Crippen LogP contribution is -2.23. The molecule has 1 aliphatic rings. The zero-order valence-electron chi connectivity index (χ0n) is 14.5. The summed E-state index contributed by atoms with van der Waals surface area (Å²) in [5.74, 6) is -1.40. The second-order valence-electron chi connectivity index (χ2n) is 6.14. The number of amides is 1. The maximum absolute atomic E-state index is 13.3. The number of nitrogens with zero attached hydrogens (tertiary/aromatic N) is 2. The van der Waals surface area contributed by atoms with Crippen LogP contribution in [0.3, 0.4) is 0 Å². The van der Waals surface area contributed by atoms with Gasteiger partial charge in [0.25, 0.3) is 5.91 Å². The van der Waals surface area contributed by atoms with Crippen LogP contribution < -0.4 is 10.5 Å². The first-order valence-corrected chi connectivity index (χ1v) is 8.54. The smallest absolute Gasteiger partial charge is 0.258 e. The van der Waals surface area contributed by atoms with Gasteiger partial charge in [0.2, 0.25) is 0 Å². The normalized spacial score (nSPS) is 13.0. The molecule has 1 amide bonds. The largest absolute Gasteiger partial charge is 0.505 e. The van der Waals surface area contributed by atoms with Crippen LogP contribution in [0.5, 0.6) is 11.5 Å². The molecule has 0 saturated heterocycles. The van der Waals surface area contributed by atoms with Crippen molar-refractivity contribution in [3.8, 4) is 11.5 Å². The van der Waals surface area contributed by atoms with Gasteiger partial charge in [-0.3, -0.25) is 4.79 Å². The van der Waals surface area contributed by atoms with Crippen molar-refractivity contribution in [2.24, 2.45) is 10.9 Å². The Hall–Kier alpha value is -2.71. The molecule has 27 heavy (non-hydrogen) atoms. The molecule has 1 aliphatic heterocycles. The molecule has 0 fully saturated rings. The van der Waals surface area contributed by atoms with Crippen molar-refractivity contribution in [3.63, 3.8) is 0 Å². The van der Waals surface area contributed by atoms with E-state index in [9.17, 15) is 19.2 Å². The minimum absolute atomic E-state index is 0.0235. The second kappa shape index (κ2) is 7.50. The Kier molecular flexibility index (Phi) is 5.29. The first-order chi connectivity index (χ1) is 12.9. The summed E-state index contributed by atoms with van der Waals surface area (Å²) in [6.45, 7) is 2.39. The van der Waals surface area contributed by atoms with Gasteiger partial charge in [-0.05, 0) is 40.9 Å². The van der Waals surface area contributed by atoms with E-state index in [4.69, 9.17) is 22.1 Å². The topological polar surface area (TPSA) is 105 Å². The fraction of sp³-hybridized carbons (Fsp3) is 0.278. The predicted molar refractivity (Wildman–Crippen MR) is 97.8 cm³/mol. The number of hydrogen-bond acceptors (Lipinski definition) is 6. The average molecular weight is 394 g/mol. The van der Waals surface area contributed by atoms with Crippen molar-refractivity contribution < 1.29 is 19.0 Å². The van der Waals surface area contributed by atoms with Crippen LogP contribution in [0.1, 0.15) is 27.0 Å². The van der Waals surface area contributed by atoms with Gasteiger partial charge in [-0.25, -0.2) is 4.39 Å². The van der Waals surface area contributed by atoms with E-state index in [0.717, 1.165) is 0 Å². The number of aromatic hydroxyl groups is 1. The van der Waals surface area contributed by atoms with Crippen LogP contribution >= 0.6 is 11.6 Å². The molecule has 0 radical (unpaired) electrons. The molecule has 1 heterocycles. The third-order valence-electron chi connectivity index (χ3n) is 4.43. The number of nitrogens with two attached hydrogens (primary N) is 1. The van der Waals surface area contributed by atoms with Crippen LogP contribution in [0.2, 0.25) is 5.02 Å². The first-order valence-electron chi connectivity index (χ1n) is 8.16. The van der Waals surface area contributed by atoms with Crippen LogP contribution in [0.15, 0.2) is 23.4 Å². The number of rotatable bonds is 6. The summed E-state index contributed by atoms with van der Waals surface area (Å²) >= 11 is 5.79. The molecule has 2 aromatic carbocycles. The lowest BCUT2D eigenvalue weighted by molar-refractivity contribution is 0.0764. The molecular formula is C18H17ClFN3O4. The standard InChI is InChI=1S/C18H17ClFN3O4/c1-9-11-8-23(7-10-2-3-13(20)12(19)6-10)18(25)14(11)16(24)15(22-26)17(9)27-5-4-21/h2-3,6,24H,4-5,7-8,21H2,1H3. The third-order valence-corrected chi connectivity index (χ3v) is 4.72. The van der Waals surface area contributed by atoms with Crippen molar-refractivity contribution >= 4 is 23.2 Å². The van der Waals surface area contributed by atoms with E-state index in [0.29, 0.717) is 16.7 Å². The molecule has 0 aliphatic carbocycles. The van der Waals surface area contributed by atoms with E-state index in [1.165, 1.54) is 23.1 Å². The molecule has 0 unspecified atom stereocenters. The molecule has 2 aromatic rings. The summed E-state index contributed by atoms with van der Waals surface area (Å²) in [6.07, 6.45) is 0. The van der Waals surface area contributed by atoms with Crippen molar-refractivity contribution in [1.29, 1.82) is 0 Å². The second-order valence-corrected chi connectivity index (χ2v) is 6.55. The van der Waals surface area contributed by atoms with E-state index in [1.54, 1.807) is 6.92 Å². The number of ether oxygens (including phenoxy) is 1. The Bertz CT molecular complexity index is 936. The SMILES string of the molecule is Cc1c2c(c(O)c(N=O)c1OCCN)C(=O)N(Cc1ccc(F)c(Cl)c1)C2. The highest BCUT2D eigenvalue weighted by molar-refractivity contribution is 6.30. The molecule has 0 saturated carbocycles. The van der Waals surface area contributed by atoms with E-state index in [2.05, 4.69) is 5.18 Å². The van der Waals surface area contributed by atoms with Gasteiger partial charge in [0.05, 0.1) is 10.6 Å². The van der Waals surface area contributed by atoms with E-state index in [-0.39, 0.29) is 48.3 Å². The van der Waals surface area contributed by atoms with Gasteiger partial charge < -0.3 is 20.5 Å². The highest BCUT2D eigenvalue weighted by Crippen LogP contribution is 2.47. The number of hydrogen-bond donors (Lipinski definition) is 2. The highest BCUT2D eigenvalue weighted by atomic mass is 35.5. The zero-order valence-corrected chi connectivity index (χ0v) is 15.2. The summed E-state index contributed by atoms with van der Waals surface area (Å²) in [6, 6.07) is 4.19. The van der Waals surface area contributed by atoms with Crippen LogP contribution in [-0.2, 0) is 13.1 Å². The molecule has 142 valence electrons. The quantitative estimate of drug-likeness (QED) is 0.732. The van der Waals surface area contributed by atoms with Crippen LogP contribution in [-0.4, -0.2) is 29.1 Å². The fourth-order valence-electron chi connectivity index (χ4n) is 3.13. The number of benzene rings is 2. The van der Waals surface area contributed by atoms with Gasteiger partial charge in [-0.15, -0.1) is 4.91 Å². The Morgan fingerprint density at radius 3 is 2.81 bits per heavy atom. The van der Waals surface area contributed by atoms with Crippen LogP contribution in [0.4, 0.5) is 10.1 Å². The van der Waals surface area contributed by atoms with Gasteiger partial charge >= 0.3 is 0 Å². The van der Waals surface area contributed by atoms with Gasteiger partial charge in [0.1, 0.15) is 12.4 Å². The molecule has 0 aromatic heterocycles. The minimum Gasteiger partial charge on any atom is -0.505 e. The summed E-state index contributed by atoms with van der Waals surface area (Å²) in [4.78, 5) is 25.5. The molecule has 7 nitrogen and oxygen atoms in total. The monoisotopic (exact) mass is 393 g/mol. The number of carbonyl (C=O) groups excluding carboxylic acids is 1. The maximum Gasteiger partial charge on any atom is 0.258 e. The van der Waals surface area contributed by atoms with Crippen LogP contribution in [0, 0.1) is 17.6 Å². The molecule has 9 heteroatoms. The maximum atomic E-state index is 13.3. The number of fused-ring (bicyclic) bond motifs is 1. The van der Waals surface area contributed by atoms with E-state index >= 15 is 0 Å². The Balaban J connectivity index is 1.98. The predicted octanol–water partition coefficient (Wildman–Crippen LogP) is 3.38. The first kappa shape index (κ1) is 19.1. The number of nitroso groups, excluding NO2 is 1. The minimum atomic E-state index is -0.548. The Morgan fingerprint density at radius 1 is 1.44 bits per heavy atom.